The van der Waals surface area contributed by atoms with Crippen molar-refractivity contribution in [2.75, 3.05) is 4.90 Å². The highest BCUT2D eigenvalue weighted by Gasteiger charge is 2.36. The molecule has 5 nitrogen and oxygen atoms in total. The van der Waals surface area contributed by atoms with Crippen LogP contribution in [0, 0.1) is 0 Å². The van der Waals surface area contributed by atoms with Crippen molar-refractivity contribution in [3.05, 3.63) is 53.2 Å². The van der Waals surface area contributed by atoms with Crippen LogP contribution in [0.25, 0.3) is 6.08 Å². The Morgan fingerprint density at radius 2 is 1.90 bits per heavy atom. The first-order valence-corrected chi connectivity index (χ1v) is 6.67. The summed E-state index contributed by atoms with van der Waals surface area (Å²) in [4.78, 5) is 28.6. The van der Waals surface area contributed by atoms with Gasteiger partial charge in [0, 0.05) is 11.9 Å². The number of carbonyl (C=O) groups is 2. The summed E-state index contributed by atoms with van der Waals surface area (Å²) in [7, 11) is 0. The fourth-order valence-electron chi connectivity index (χ4n) is 1.87. The van der Waals surface area contributed by atoms with Crippen LogP contribution >= 0.6 is 11.8 Å². The quantitative estimate of drug-likeness (QED) is 0.832. The number of nitrogens with zero attached hydrogens (tertiary/aromatic N) is 1. The predicted octanol–water partition coefficient (Wildman–Crippen LogP) is 2.96. The number of aromatic amines is 1. The zero-order valence-electron chi connectivity index (χ0n) is 10.2. The summed E-state index contributed by atoms with van der Waals surface area (Å²) in [6, 6.07) is 9.57. The molecule has 0 bridgehead atoms. The molecule has 3 rings (SSSR count). The van der Waals surface area contributed by atoms with Crippen LogP contribution < -0.4 is 4.90 Å². The van der Waals surface area contributed by atoms with E-state index in [9.17, 15) is 14.7 Å². The Balaban J connectivity index is 1.93. The Morgan fingerprint density at radius 1 is 1.15 bits per heavy atom. The Bertz CT molecular complexity index is 690. The van der Waals surface area contributed by atoms with Gasteiger partial charge in [-0.15, -0.1) is 0 Å². The lowest BCUT2D eigenvalue weighted by atomic mass is 10.2. The molecule has 2 heterocycles. The molecule has 6 heteroatoms. The van der Waals surface area contributed by atoms with Gasteiger partial charge in [0.25, 0.3) is 11.1 Å². The molecule has 1 aromatic carbocycles. The molecule has 2 N–H and O–H groups in total. The standard InChI is InChI=1S/C14H10N2O3S/c17-11-5-3-10(4-6-11)16-13(18)12(20-14(16)19)8-9-2-1-7-15-9/h1-8,15,17H/b12-8-. The first-order chi connectivity index (χ1) is 9.65. The van der Waals surface area contributed by atoms with Gasteiger partial charge in [-0.25, -0.2) is 4.90 Å². The van der Waals surface area contributed by atoms with Gasteiger partial charge < -0.3 is 10.1 Å². The molecule has 2 amide bonds. The Hall–Kier alpha value is -2.47. The van der Waals surface area contributed by atoms with E-state index in [0.717, 1.165) is 22.4 Å². The number of carbonyl (C=O) groups excluding carboxylic acids is 2. The number of hydrogen-bond acceptors (Lipinski definition) is 4. The number of phenolic OH excluding ortho intramolecular Hbond substituents is 1. The zero-order chi connectivity index (χ0) is 14.1. The molecular formula is C14H10N2O3S. The van der Waals surface area contributed by atoms with E-state index in [4.69, 9.17) is 0 Å². The fraction of sp³-hybridized carbons (Fsp3) is 0. The van der Waals surface area contributed by atoms with E-state index in [2.05, 4.69) is 4.98 Å². The first kappa shape index (κ1) is 12.6. The molecule has 0 saturated carbocycles. The third-order valence-electron chi connectivity index (χ3n) is 2.81. The van der Waals surface area contributed by atoms with Gasteiger partial charge in [-0.1, -0.05) is 0 Å². The van der Waals surface area contributed by atoms with Crippen molar-refractivity contribution in [1.82, 2.24) is 4.98 Å². The number of hydrogen-bond donors (Lipinski definition) is 2. The highest BCUT2D eigenvalue weighted by molar-refractivity contribution is 8.19. The topological polar surface area (TPSA) is 73.4 Å². The summed E-state index contributed by atoms with van der Waals surface area (Å²) in [6.45, 7) is 0. The number of aromatic hydroxyl groups is 1. The smallest absolute Gasteiger partial charge is 0.298 e. The van der Waals surface area contributed by atoms with Crippen LogP contribution in [0.1, 0.15) is 5.69 Å². The van der Waals surface area contributed by atoms with E-state index in [1.807, 2.05) is 12.1 Å². The molecule has 0 atom stereocenters. The average Bonchev–Trinajstić information content (AvgIpc) is 3.02. The van der Waals surface area contributed by atoms with Crippen LogP contribution in [0.2, 0.25) is 0 Å². The lowest BCUT2D eigenvalue weighted by Gasteiger charge is -2.11. The minimum atomic E-state index is -0.361. The van der Waals surface area contributed by atoms with Crippen LogP contribution in [0.15, 0.2) is 47.5 Å². The number of H-pyrrole nitrogens is 1. The molecule has 1 fully saturated rings. The van der Waals surface area contributed by atoms with Crippen molar-refractivity contribution < 1.29 is 14.7 Å². The molecule has 1 saturated heterocycles. The second-order valence-corrected chi connectivity index (χ2v) is 5.15. The van der Waals surface area contributed by atoms with Crippen LogP contribution in [-0.4, -0.2) is 21.2 Å². The molecule has 1 aromatic heterocycles. The number of aromatic nitrogens is 1. The summed E-state index contributed by atoms with van der Waals surface area (Å²) in [6.07, 6.45) is 3.39. The van der Waals surface area contributed by atoms with Crippen molar-refractivity contribution in [3.63, 3.8) is 0 Å². The van der Waals surface area contributed by atoms with Crippen LogP contribution in [0.5, 0.6) is 5.75 Å². The SMILES string of the molecule is O=C1S/C(=C\c2ccc[nH]2)C(=O)N1c1ccc(O)cc1. The van der Waals surface area contributed by atoms with E-state index < -0.39 is 0 Å². The van der Waals surface area contributed by atoms with Crippen molar-refractivity contribution in [2.24, 2.45) is 0 Å². The van der Waals surface area contributed by atoms with Crippen molar-refractivity contribution in [2.45, 2.75) is 0 Å². The molecule has 1 aliphatic rings. The van der Waals surface area contributed by atoms with Gasteiger partial charge in [0.2, 0.25) is 0 Å². The summed E-state index contributed by atoms with van der Waals surface area (Å²) >= 11 is 0.895. The van der Waals surface area contributed by atoms with Crippen LogP contribution in [-0.2, 0) is 4.79 Å². The maximum atomic E-state index is 12.3. The maximum Gasteiger partial charge on any atom is 0.298 e. The largest absolute Gasteiger partial charge is 0.508 e. The molecule has 0 unspecified atom stereocenters. The number of rotatable bonds is 2. The maximum absolute atomic E-state index is 12.3. The molecule has 2 aromatic rings. The first-order valence-electron chi connectivity index (χ1n) is 5.85. The highest BCUT2D eigenvalue weighted by Crippen LogP contribution is 2.35. The summed E-state index contributed by atoms with van der Waals surface area (Å²) in [5.41, 5.74) is 1.21. The fourth-order valence-corrected chi connectivity index (χ4v) is 2.70. The number of amides is 2. The molecule has 0 radical (unpaired) electrons. The van der Waals surface area contributed by atoms with E-state index in [1.54, 1.807) is 12.3 Å². The predicted molar refractivity (Wildman–Crippen MR) is 77.3 cm³/mol. The van der Waals surface area contributed by atoms with Crippen LogP contribution in [0.3, 0.4) is 0 Å². The highest BCUT2D eigenvalue weighted by atomic mass is 32.2. The Labute approximate surface area is 118 Å². The van der Waals surface area contributed by atoms with Gasteiger partial charge in [-0.2, -0.15) is 0 Å². The number of phenols is 1. The molecule has 20 heavy (non-hydrogen) atoms. The van der Waals surface area contributed by atoms with E-state index in [0.29, 0.717) is 10.6 Å². The summed E-state index contributed by atoms with van der Waals surface area (Å²) < 4.78 is 0. The Kier molecular flexibility index (Phi) is 3.08. The molecule has 1 aliphatic heterocycles. The monoisotopic (exact) mass is 286 g/mol. The van der Waals surface area contributed by atoms with Gasteiger partial charge >= 0.3 is 0 Å². The van der Waals surface area contributed by atoms with Crippen molar-refractivity contribution in [1.29, 1.82) is 0 Å². The average molecular weight is 286 g/mol. The van der Waals surface area contributed by atoms with E-state index >= 15 is 0 Å². The third-order valence-corrected chi connectivity index (χ3v) is 3.68. The zero-order valence-corrected chi connectivity index (χ0v) is 11.1. The van der Waals surface area contributed by atoms with Gasteiger partial charge in [0.15, 0.2) is 0 Å². The third kappa shape index (κ3) is 2.21. The number of thioether (sulfide) groups is 1. The van der Waals surface area contributed by atoms with Gasteiger partial charge in [0.1, 0.15) is 5.75 Å². The van der Waals surface area contributed by atoms with Gasteiger partial charge in [-0.3, -0.25) is 9.59 Å². The minimum absolute atomic E-state index is 0.0858. The number of nitrogens with one attached hydrogen (secondary N) is 1. The van der Waals surface area contributed by atoms with Gasteiger partial charge in [-0.05, 0) is 54.2 Å². The second kappa shape index (κ2) is 4.90. The van der Waals surface area contributed by atoms with Crippen molar-refractivity contribution in [3.8, 4) is 5.75 Å². The lowest BCUT2D eigenvalue weighted by Crippen LogP contribution is -2.27. The van der Waals surface area contributed by atoms with Crippen molar-refractivity contribution >= 4 is 34.7 Å². The number of imide groups is 1. The minimum Gasteiger partial charge on any atom is -0.508 e. The summed E-state index contributed by atoms with van der Waals surface area (Å²) in [5.74, 6) is -0.275. The number of anilines is 1. The second-order valence-electron chi connectivity index (χ2n) is 4.16. The number of benzene rings is 1. The lowest BCUT2D eigenvalue weighted by molar-refractivity contribution is -0.113. The van der Waals surface area contributed by atoms with Crippen LogP contribution in [0.4, 0.5) is 10.5 Å². The molecule has 0 spiro atoms. The van der Waals surface area contributed by atoms with Gasteiger partial charge in [0.05, 0.1) is 10.6 Å². The summed E-state index contributed by atoms with van der Waals surface area (Å²) in [5, 5.41) is 8.90. The molecular weight excluding hydrogens is 276 g/mol. The molecule has 100 valence electrons. The normalized spacial score (nSPS) is 17.2. The Morgan fingerprint density at radius 3 is 2.55 bits per heavy atom. The molecule has 0 aliphatic carbocycles. The van der Waals surface area contributed by atoms with E-state index in [1.165, 1.54) is 24.3 Å². The van der Waals surface area contributed by atoms with E-state index in [-0.39, 0.29) is 16.9 Å².